The second-order valence-electron chi connectivity index (χ2n) is 4.00. The van der Waals surface area contributed by atoms with Crippen molar-refractivity contribution in [2.24, 2.45) is 5.92 Å². The average molecular weight is 276 g/mol. The minimum atomic E-state index is 0.477. The Labute approximate surface area is 99.0 Å². The van der Waals surface area contributed by atoms with Crippen LogP contribution in [0.3, 0.4) is 0 Å². The van der Waals surface area contributed by atoms with Gasteiger partial charge in [0.05, 0.1) is 3.79 Å². The topological polar surface area (TPSA) is 12.0 Å². The van der Waals surface area contributed by atoms with Crippen LogP contribution in [-0.2, 0) is 0 Å². The van der Waals surface area contributed by atoms with Gasteiger partial charge in [-0.1, -0.05) is 13.8 Å². The largest absolute Gasteiger partial charge is 0.309 e. The molecule has 1 unspecified atom stereocenters. The fraction of sp³-hybridized carbons (Fsp3) is 0.636. The lowest BCUT2D eigenvalue weighted by molar-refractivity contribution is 0.500. The van der Waals surface area contributed by atoms with Crippen LogP contribution in [0.4, 0.5) is 0 Å². The number of thiophene rings is 1. The van der Waals surface area contributed by atoms with E-state index in [1.807, 2.05) is 11.3 Å². The predicted octanol–water partition coefficient (Wildman–Crippen LogP) is 4.21. The lowest BCUT2D eigenvalue weighted by Gasteiger charge is -2.12. The Morgan fingerprint density at radius 2 is 2.07 bits per heavy atom. The van der Waals surface area contributed by atoms with Gasteiger partial charge >= 0.3 is 0 Å². The summed E-state index contributed by atoms with van der Waals surface area (Å²) >= 11 is 5.29. The molecule has 0 amide bonds. The molecular formula is C11H18BrNS. The summed E-state index contributed by atoms with van der Waals surface area (Å²) in [5.74, 6) is 0.782. The molecule has 0 bridgehead atoms. The van der Waals surface area contributed by atoms with E-state index in [1.165, 1.54) is 15.1 Å². The average Bonchev–Trinajstić information content (AvgIpc) is 2.51. The first-order chi connectivity index (χ1) is 6.59. The summed E-state index contributed by atoms with van der Waals surface area (Å²) in [5, 5.41) is 3.53. The van der Waals surface area contributed by atoms with Crippen molar-refractivity contribution in [1.29, 1.82) is 0 Å². The van der Waals surface area contributed by atoms with Gasteiger partial charge in [-0.15, -0.1) is 11.3 Å². The first-order valence-corrected chi connectivity index (χ1v) is 6.69. The van der Waals surface area contributed by atoms with Crippen LogP contribution in [0.5, 0.6) is 0 Å². The highest BCUT2D eigenvalue weighted by Gasteiger charge is 2.06. The molecule has 1 rings (SSSR count). The Balaban J connectivity index is 2.32. The first kappa shape index (κ1) is 12.2. The molecule has 1 nitrogen and oxygen atoms in total. The molecule has 0 aliphatic heterocycles. The minimum absolute atomic E-state index is 0.477. The van der Waals surface area contributed by atoms with Crippen LogP contribution in [-0.4, -0.2) is 6.54 Å². The van der Waals surface area contributed by atoms with Crippen LogP contribution in [0.2, 0.25) is 0 Å². The third-order valence-electron chi connectivity index (χ3n) is 2.19. The molecule has 1 N–H and O–H groups in total. The van der Waals surface area contributed by atoms with Crippen LogP contribution in [0.1, 0.15) is 38.1 Å². The van der Waals surface area contributed by atoms with Crippen LogP contribution >= 0.6 is 27.3 Å². The van der Waals surface area contributed by atoms with Gasteiger partial charge in [-0.3, -0.25) is 0 Å². The summed E-state index contributed by atoms with van der Waals surface area (Å²) < 4.78 is 1.21. The maximum absolute atomic E-state index is 3.53. The van der Waals surface area contributed by atoms with E-state index in [-0.39, 0.29) is 0 Å². The molecular weight excluding hydrogens is 258 g/mol. The third kappa shape index (κ3) is 4.11. The van der Waals surface area contributed by atoms with Gasteiger partial charge < -0.3 is 5.32 Å². The third-order valence-corrected chi connectivity index (χ3v) is 4.00. The molecule has 1 atom stereocenters. The first-order valence-electron chi connectivity index (χ1n) is 5.08. The number of hydrogen-bond acceptors (Lipinski definition) is 2. The fourth-order valence-corrected chi connectivity index (χ4v) is 2.70. The summed E-state index contributed by atoms with van der Waals surface area (Å²) in [7, 11) is 0. The molecule has 1 heterocycles. The Bertz CT molecular complexity index is 270. The molecule has 1 aromatic rings. The Hall–Kier alpha value is 0.140. The van der Waals surface area contributed by atoms with Crippen LogP contribution in [0.15, 0.2) is 15.9 Å². The summed E-state index contributed by atoms with van der Waals surface area (Å²) in [6.07, 6.45) is 1.25. The Morgan fingerprint density at radius 3 is 2.57 bits per heavy atom. The highest BCUT2D eigenvalue weighted by atomic mass is 79.9. The molecule has 0 spiro atoms. The Morgan fingerprint density at radius 1 is 1.36 bits per heavy atom. The van der Waals surface area contributed by atoms with Crippen molar-refractivity contribution in [1.82, 2.24) is 5.32 Å². The maximum atomic E-state index is 3.53. The van der Waals surface area contributed by atoms with Crippen molar-refractivity contribution < 1.29 is 0 Å². The van der Waals surface area contributed by atoms with E-state index in [0.29, 0.717) is 6.04 Å². The summed E-state index contributed by atoms with van der Waals surface area (Å²) in [4.78, 5) is 1.40. The summed E-state index contributed by atoms with van der Waals surface area (Å²) in [6.45, 7) is 7.84. The van der Waals surface area contributed by atoms with Gasteiger partial charge in [0.1, 0.15) is 0 Å². The van der Waals surface area contributed by atoms with Crippen molar-refractivity contribution in [3.8, 4) is 0 Å². The molecule has 1 aromatic heterocycles. The maximum Gasteiger partial charge on any atom is 0.0701 e. The van der Waals surface area contributed by atoms with Gasteiger partial charge in [0, 0.05) is 10.9 Å². The van der Waals surface area contributed by atoms with E-state index in [9.17, 15) is 0 Å². The van der Waals surface area contributed by atoms with Gasteiger partial charge in [-0.25, -0.2) is 0 Å². The van der Waals surface area contributed by atoms with Gasteiger partial charge in [0.2, 0.25) is 0 Å². The van der Waals surface area contributed by atoms with Crippen LogP contribution < -0.4 is 5.32 Å². The van der Waals surface area contributed by atoms with Crippen molar-refractivity contribution in [2.75, 3.05) is 6.54 Å². The van der Waals surface area contributed by atoms with Crippen molar-refractivity contribution >= 4 is 27.3 Å². The monoisotopic (exact) mass is 275 g/mol. The molecule has 0 saturated heterocycles. The van der Waals surface area contributed by atoms with Gasteiger partial charge in [-0.2, -0.15) is 0 Å². The quantitative estimate of drug-likeness (QED) is 0.849. The second-order valence-corrected chi connectivity index (χ2v) is 6.49. The molecule has 0 aromatic carbocycles. The lowest BCUT2D eigenvalue weighted by Crippen LogP contribution is -2.20. The molecule has 0 aliphatic rings. The van der Waals surface area contributed by atoms with E-state index >= 15 is 0 Å². The van der Waals surface area contributed by atoms with Crippen molar-refractivity contribution in [3.63, 3.8) is 0 Å². The lowest BCUT2D eigenvalue weighted by atomic mass is 10.1. The molecule has 14 heavy (non-hydrogen) atoms. The number of nitrogens with one attached hydrogen (secondary N) is 1. The van der Waals surface area contributed by atoms with E-state index < -0.39 is 0 Å². The number of halogens is 1. The van der Waals surface area contributed by atoms with E-state index in [1.54, 1.807) is 0 Å². The second kappa shape index (κ2) is 5.89. The van der Waals surface area contributed by atoms with Crippen molar-refractivity contribution in [3.05, 3.63) is 20.8 Å². The van der Waals surface area contributed by atoms with Gasteiger partial charge in [0.15, 0.2) is 0 Å². The highest BCUT2D eigenvalue weighted by Crippen LogP contribution is 2.26. The fourth-order valence-electron chi connectivity index (χ4n) is 1.25. The number of rotatable bonds is 5. The SMILES string of the molecule is CC(C)CCNC(C)c1ccc(Br)s1. The van der Waals surface area contributed by atoms with Crippen LogP contribution in [0.25, 0.3) is 0 Å². The molecule has 3 heteroatoms. The molecule has 0 aliphatic carbocycles. The zero-order valence-corrected chi connectivity index (χ0v) is 11.4. The molecule has 0 fully saturated rings. The zero-order valence-electron chi connectivity index (χ0n) is 9.01. The molecule has 0 saturated carbocycles. The van der Waals surface area contributed by atoms with E-state index in [4.69, 9.17) is 0 Å². The highest BCUT2D eigenvalue weighted by molar-refractivity contribution is 9.11. The van der Waals surface area contributed by atoms with Crippen molar-refractivity contribution in [2.45, 2.75) is 33.2 Å². The standard InChI is InChI=1S/C11H18BrNS/c1-8(2)6-7-13-9(3)10-4-5-11(12)14-10/h4-5,8-9,13H,6-7H2,1-3H3. The van der Waals surface area contributed by atoms with E-state index in [2.05, 4.69) is 54.2 Å². The van der Waals surface area contributed by atoms with E-state index in [0.717, 1.165) is 12.5 Å². The smallest absolute Gasteiger partial charge is 0.0701 e. The normalized spacial score (nSPS) is 13.5. The minimum Gasteiger partial charge on any atom is -0.309 e. The summed E-state index contributed by atoms with van der Waals surface area (Å²) in [6, 6.07) is 4.77. The zero-order chi connectivity index (χ0) is 10.6. The van der Waals surface area contributed by atoms with Gasteiger partial charge in [-0.05, 0) is 53.9 Å². The number of hydrogen-bond donors (Lipinski definition) is 1. The van der Waals surface area contributed by atoms with Crippen LogP contribution in [0, 0.1) is 5.92 Å². The molecule has 80 valence electrons. The molecule has 0 radical (unpaired) electrons. The summed E-state index contributed by atoms with van der Waals surface area (Å²) in [5.41, 5.74) is 0. The Kier molecular flexibility index (Phi) is 5.13. The predicted molar refractivity (Wildman–Crippen MR) is 67.9 cm³/mol. The van der Waals surface area contributed by atoms with Gasteiger partial charge in [0.25, 0.3) is 0 Å².